The summed E-state index contributed by atoms with van der Waals surface area (Å²) in [6, 6.07) is 16.3. The van der Waals surface area contributed by atoms with Crippen molar-refractivity contribution in [2.45, 2.75) is 53.5 Å². The van der Waals surface area contributed by atoms with Gasteiger partial charge in [0.15, 0.2) is 5.82 Å². The molecule has 0 bridgehead atoms. The number of hydrogen-bond donors (Lipinski definition) is 1. The van der Waals surface area contributed by atoms with Gasteiger partial charge < -0.3 is 5.32 Å². The minimum absolute atomic E-state index is 0.111. The van der Waals surface area contributed by atoms with E-state index in [0.29, 0.717) is 17.9 Å². The Morgan fingerprint density at radius 2 is 1.86 bits per heavy atom. The maximum absolute atomic E-state index is 12.7. The van der Waals surface area contributed by atoms with Gasteiger partial charge in [-0.1, -0.05) is 56.2 Å². The van der Waals surface area contributed by atoms with Crippen LogP contribution in [0, 0.1) is 13.8 Å². The van der Waals surface area contributed by atoms with E-state index >= 15 is 0 Å². The Balaban J connectivity index is 1.75. The molecule has 0 atom stereocenters. The first kappa shape index (κ1) is 19.9. The molecule has 1 aromatic heterocycles. The van der Waals surface area contributed by atoms with Gasteiger partial charge >= 0.3 is 0 Å². The zero-order valence-electron chi connectivity index (χ0n) is 17.2. The topological polar surface area (TPSA) is 46.9 Å². The van der Waals surface area contributed by atoms with Crippen LogP contribution in [0.15, 0.2) is 48.5 Å². The SMILES string of the molecule is CCCc1cc(C(=O)Nc2cc(C)n(Cc3cccc(C)c3)n2)ccc1CC. The molecule has 0 aliphatic carbocycles. The molecule has 3 rings (SSSR count). The minimum Gasteiger partial charge on any atom is -0.305 e. The average Bonchev–Trinajstić information content (AvgIpc) is 3.00. The molecule has 0 saturated carbocycles. The van der Waals surface area contributed by atoms with Crippen LogP contribution >= 0.6 is 0 Å². The fraction of sp³-hybridized carbons (Fsp3) is 0.333. The van der Waals surface area contributed by atoms with E-state index in [4.69, 9.17) is 0 Å². The maximum atomic E-state index is 12.7. The Kier molecular flexibility index (Phi) is 6.30. The van der Waals surface area contributed by atoms with Gasteiger partial charge in [0.2, 0.25) is 0 Å². The molecule has 0 unspecified atom stereocenters. The lowest BCUT2D eigenvalue weighted by Gasteiger charge is -2.10. The molecule has 28 heavy (non-hydrogen) atoms. The van der Waals surface area contributed by atoms with Crippen molar-refractivity contribution in [1.82, 2.24) is 9.78 Å². The fourth-order valence-corrected chi connectivity index (χ4v) is 3.52. The quantitative estimate of drug-likeness (QED) is 0.608. The summed E-state index contributed by atoms with van der Waals surface area (Å²) >= 11 is 0. The van der Waals surface area contributed by atoms with Crippen LogP contribution in [0.3, 0.4) is 0 Å². The fourth-order valence-electron chi connectivity index (χ4n) is 3.52. The summed E-state index contributed by atoms with van der Waals surface area (Å²) in [5.41, 5.74) is 6.71. The van der Waals surface area contributed by atoms with Crippen LogP contribution in [0.1, 0.15) is 58.6 Å². The number of anilines is 1. The van der Waals surface area contributed by atoms with Gasteiger partial charge in [-0.3, -0.25) is 9.48 Å². The molecule has 0 aliphatic rings. The second-order valence-corrected chi connectivity index (χ2v) is 7.36. The lowest BCUT2D eigenvalue weighted by atomic mass is 9.98. The van der Waals surface area contributed by atoms with E-state index < -0.39 is 0 Å². The molecule has 1 N–H and O–H groups in total. The standard InChI is InChI=1S/C24H29N3O/c1-5-8-21-15-22(12-11-20(21)6-2)24(28)25-23-14-18(4)27(26-23)16-19-10-7-9-17(3)13-19/h7,9-15H,5-6,8,16H2,1-4H3,(H,25,26,28). The molecule has 3 aromatic rings. The third kappa shape index (κ3) is 4.69. The number of hydrogen-bond acceptors (Lipinski definition) is 2. The predicted octanol–water partition coefficient (Wildman–Crippen LogP) is 5.32. The maximum Gasteiger partial charge on any atom is 0.256 e. The molecule has 1 amide bonds. The average molecular weight is 376 g/mol. The second kappa shape index (κ2) is 8.87. The lowest BCUT2D eigenvalue weighted by Crippen LogP contribution is -2.13. The van der Waals surface area contributed by atoms with Crippen molar-refractivity contribution < 1.29 is 4.79 Å². The number of aryl methyl sites for hydroxylation is 4. The van der Waals surface area contributed by atoms with Crippen molar-refractivity contribution in [2.24, 2.45) is 0 Å². The first-order chi connectivity index (χ1) is 13.5. The highest BCUT2D eigenvalue weighted by atomic mass is 16.1. The molecule has 1 heterocycles. The second-order valence-electron chi connectivity index (χ2n) is 7.36. The smallest absolute Gasteiger partial charge is 0.256 e. The summed E-state index contributed by atoms with van der Waals surface area (Å²) in [4.78, 5) is 12.7. The van der Waals surface area contributed by atoms with Gasteiger partial charge in [-0.25, -0.2) is 0 Å². The molecule has 0 spiro atoms. The van der Waals surface area contributed by atoms with Crippen molar-refractivity contribution >= 4 is 11.7 Å². The molecular formula is C24H29N3O. The summed E-state index contributed by atoms with van der Waals surface area (Å²) in [7, 11) is 0. The van der Waals surface area contributed by atoms with E-state index in [-0.39, 0.29) is 5.91 Å². The third-order valence-corrected chi connectivity index (χ3v) is 5.01. The summed E-state index contributed by atoms with van der Waals surface area (Å²) in [5, 5.41) is 7.53. The molecule has 146 valence electrons. The molecule has 0 fully saturated rings. The van der Waals surface area contributed by atoms with Gasteiger partial charge in [0, 0.05) is 17.3 Å². The zero-order valence-corrected chi connectivity index (χ0v) is 17.2. The van der Waals surface area contributed by atoms with Crippen LogP contribution in [-0.2, 0) is 19.4 Å². The van der Waals surface area contributed by atoms with E-state index in [2.05, 4.69) is 61.5 Å². The Bertz CT molecular complexity index is 972. The number of benzene rings is 2. The van der Waals surface area contributed by atoms with Crippen molar-refractivity contribution in [1.29, 1.82) is 0 Å². The molecule has 0 saturated heterocycles. The molecule has 0 aliphatic heterocycles. The van der Waals surface area contributed by atoms with Crippen LogP contribution in [0.2, 0.25) is 0 Å². The highest BCUT2D eigenvalue weighted by Crippen LogP contribution is 2.17. The van der Waals surface area contributed by atoms with Crippen LogP contribution in [0.25, 0.3) is 0 Å². The minimum atomic E-state index is -0.111. The van der Waals surface area contributed by atoms with E-state index in [1.165, 1.54) is 22.3 Å². The number of nitrogens with zero attached hydrogens (tertiary/aromatic N) is 2. The van der Waals surface area contributed by atoms with Crippen LogP contribution < -0.4 is 5.32 Å². The number of carbonyl (C=O) groups excluding carboxylic acids is 1. The van der Waals surface area contributed by atoms with E-state index in [9.17, 15) is 4.79 Å². The van der Waals surface area contributed by atoms with Gasteiger partial charge in [0.05, 0.1) is 6.54 Å². The van der Waals surface area contributed by atoms with Gasteiger partial charge in [-0.2, -0.15) is 5.10 Å². The normalized spacial score (nSPS) is 10.9. The zero-order chi connectivity index (χ0) is 20.1. The Labute approximate surface area is 167 Å². The molecule has 4 nitrogen and oxygen atoms in total. The molecule has 2 aromatic carbocycles. The first-order valence-electron chi connectivity index (χ1n) is 10.0. The summed E-state index contributed by atoms with van der Waals surface area (Å²) in [6.07, 6.45) is 3.05. The Morgan fingerprint density at radius 1 is 1.04 bits per heavy atom. The highest BCUT2D eigenvalue weighted by molar-refractivity contribution is 6.03. The number of rotatable bonds is 7. The molecular weight excluding hydrogens is 346 g/mol. The van der Waals surface area contributed by atoms with E-state index in [1.54, 1.807) is 0 Å². The van der Waals surface area contributed by atoms with Crippen molar-refractivity contribution in [3.8, 4) is 0 Å². The van der Waals surface area contributed by atoms with Crippen LogP contribution in [0.4, 0.5) is 5.82 Å². The third-order valence-electron chi connectivity index (χ3n) is 5.01. The van der Waals surface area contributed by atoms with Crippen LogP contribution in [-0.4, -0.2) is 15.7 Å². The largest absolute Gasteiger partial charge is 0.305 e. The predicted molar refractivity (Wildman–Crippen MR) is 115 cm³/mol. The van der Waals surface area contributed by atoms with Crippen LogP contribution in [0.5, 0.6) is 0 Å². The van der Waals surface area contributed by atoms with Crippen molar-refractivity contribution in [3.63, 3.8) is 0 Å². The van der Waals surface area contributed by atoms with Gasteiger partial charge in [-0.05, 0) is 55.5 Å². The summed E-state index contributed by atoms with van der Waals surface area (Å²) in [6.45, 7) is 9.10. The molecule has 4 heteroatoms. The lowest BCUT2D eigenvalue weighted by molar-refractivity contribution is 0.102. The Morgan fingerprint density at radius 3 is 2.57 bits per heavy atom. The number of amides is 1. The molecule has 0 radical (unpaired) electrons. The number of nitrogens with one attached hydrogen (secondary N) is 1. The van der Waals surface area contributed by atoms with Gasteiger partial charge in [0.25, 0.3) is 5.91 Å². The van der Waals surface area contributed by atoms with Crippen molar-refractivity contribution in [3.05, 3.63) is 82.0 Å². The number of carbonyl (C=O) groups is 1. The Hall–Kier alpha value is -2.88. The summed E-state index contributed by atoms with van der Waals surface area (Å²) < 4.78 is 1.92. The van der Waals surface area contributed by atoms with Gasteiger partial charge in [-0.15, -0.1) is 0 Å². The first-order valence-corrected chi connectivity index (χ1v) is 10.0. The number of aromatic nitrogens is 2. The van der Waals surface area contributed by atoms with Gasteiger partial charge in [0.1, 0.15) is 0 Å². The highest BCUT2D eigenvalue weighted by Gasteiger charge is 2.12. The summed E-state index contributed by atoms with van der Waals surface area (Å²) in [5.74, 6) is 0.479. The van der Waals surface area contributed by atoms with Crippen molar-refractivity contribution in [2.75, 3.05) is 5.32 Å². The van der Waals surface area contributed by atoms with E-state index in [0.717, 1.165) is 25.0 Å². The van der Waals surface area contributed by atoms with E-state index in [1.807, 2.05) is 29.8 Å². The monoisotopic (exact) mass is 375 g/mol.